The molecule has 28 heavy (non-hydrogen) atoms. The van der Waals surface area contributed by atoms with Crippen molar-refractivity contribution in [3.63, 3.8) is 0 Å². The molecule has 4 aromatic rings. The Labute approximate surface area is 165 Å². The zero-order chi connectivity index (χ0) is 19.7. The highest BCUT2D eigenvalue weighted by Gasteiger charge is 2.12. The van der Waals surface area contributed by atoms with Gasteiger partial charge in [0, 0.05) is 35.3 Å². The van der Waals surface area contributed by atoms with Crippen molar-refractivity contribution in [1.29, 1.82) is 0 Å². The molecular weight excluding hydrogens is 376 g/mol. The first-order valence-corrected chi connectivity index (χ1v) is 9.37. The van der Waals surface area contributed by atoms with E-state index in [4.69, 9.17) is 0 Å². The van der Waals surface area contributed by atoms with Crippen LogP contribution < -0.4 is 10.6 Å². The second kappa shape index (κ2) is 7.31. The lowest BCUT2D eigenvalue weighted by atomic mass is 10.3. The molecule has 3 N–H and O–H groups in total. The Bertz CT molecular complexity index is 1150. The number of aryl methyl sites for hydroxylation is 2. The van der Waals surface area contributed by atoms with Crippen molar-refractivity contribution in [3.8, 4) is 0 Å². The number of hydrogen-bond donors (Lipinski definition) is 3. The lowest BCUT2D eigenvalue weighted by Crippen LogP contribution is -2.05. The Morgan fingerprint density at radius 3 is 2.61 bits per heavy atom. The Morgan fingerprint density at radius 1 is 1.14 bits per heavy atom. The van der Waals surface area contributed by atoms with E-state index in [0.717, 1.165) is 21.3 Å². The zero-order valence-corrected chi connectivity index (χ0v) is 16.3. The highest BCUT2D eigenvalue weighted by Crippen LogP contribution is 2.29. The molecule has 10 heteroatoms. The maximum absolute atomic E-state index is 11.1. The van der Waals surface area contributed by atoms with Crippen LogP contribution in [0.1, 0.15) is 18.4 Å². The molecule has 1 aromatic carbocycles. The number of carbonyl (C=O) groups excluding carboxylic acids is 1. The summed E-state index contributed by atoms with van der Waals surface area (Å²) in [6, 6.07) is 11.3. The van der Waals surface area contributed by atoms with Crippen molar-refractivity contribution >= 4 is 40.8 Å². The number of rotatable bonds is 5. The molecule has 0 unspecified atom stereocenters. The van der Waals surface area contributed by atoms with E-state index in [-0.39, 0.29) is 5.91 Å². The smallest absolute Gasteiger partial charge is 0.232 e. The van der Waals surface area contributed by atoms with E-state index in [2.05, 4.69) is 35.9 Å². The molecule has 0 radical (unpaired) electrons. The summed E-state index contributed by atoms with van der Waals surface area (Å²) in [4.78, 5) is 21.3. The van der Waals surface area contributed by atoms with Crippen molar-refractivity contribution in [2.75, 3.05) is 10.6 Å². The van der Waals surface area contributed by atoms with Gasteiger partial charge in [0.2, 0.25) is 11.9 Å². The lowest BCUT2D eigenvalue weighted by Gasteiger charge is -2.08. The van der Waals surface area contributed by atoms with Gasteiger partial charge in [-0.25, -0.2) is 9.97 Å². The lowest BCUT2D eigenvalue weighted by molar-refractivity contribution is -0.114. The van der Waals surface area contributed by atoms with Gasteiger partial charge in [0.05, 0.1) is 0 Å². The second-order valence-electron chi connectivity index (χ2n) is 6.22. The fourth-order valence-electron chi connectivity index (χ4n) is 2.64. The van der Waals surface area contributed by atoms with E-state index in [1.165, 1.54) is 18.7 Å². The van der Waals surface area contributed by atoms with Crippen LogP contribution in [0.25, 0.3) is 5.65 Å². The van der Waals surface area contributed by atoms with Crippen LogP contribution in [0.3, 0.4) is 0 Å². The van der Waals surface area contributed by atoms with Crippen molar-refractivity contribution in [3.05, 3.63) is 47.9 Å². The number of anilines is 3. The molecular formula is C18H18N8OS. The minimum atomic E-state index is -0.0981. The zero-order valence-electron chi connectivity index (χ0n) is 15.5. The van der Waals surface area contributed by atoms with Gasteiger partial charge in [0.1, 0.15) is 10.9 Å². The summed E-state index contributed by atoms with van der Waals surface area (Å²) >= 11 is 1.50. The SMILES string of the molecule is CC(=O)Nc1ccc(Sc2cc3nc(C)nn3c(Nc3cc(C)[nH]n3)n2)cc1. The third-order valence-corrected chi connectivity index (χ3v) is 4.68. The van der Waals surface area contributed by atoms with Gasteiger partial charge >= 0.3 is 0 Å². The summed E-state index contributed by atoms with van der Waals surface area (Å²) in [5.41, 5.74) is 2.39. The molecule has 3 aromatic heterocycles. The maximum atomic E-state index is 11.1. The molecule has 142 valence electrons. The van der Waals surface area contributed by atoms with Gasteiger partial charge in [0.15, 0.2) is 11.5 Å². The number of hydrogen-bond acceptors (Lipinski definition) is 7. The molecule has 0 saturated carbocycles. The number of amides is 1. The standard InChI is InChI=1S/C18H18N8OS/c1-10-8-15(24-23-10)21-18-22-17(9-16-19-11(2)25-26(16)18)28-14-6-4-13(5-7-14)20-12(3)27/h4-9H,1-3H3,(H,20,27)(H2,21,22,23,24). The molecule has 0 atom stereocenters. The highest BCUT2D eigenvalue weighted by molar-refractivity contribution is 7.99. The molecule has 4 rings (SSSR count). The predicted molar refractivity (Wildman–Crippen MR) is 107 cm³/mol. The number of nitrogens with one attached hydrogen (secondary N) is 3. The summed E-state index contributed by atoms with van der Waals surface area (Å²) in [6.45, 7) is 5.25. The quantitative estimate of drug-likeness (QED) is 0.445. The summed E-state index contributed by atoms with van der Waals surface area (Å²) in [7, 11) is 0. The van der Waals surface area contributed by atoms with Gasteiger partial charge < -0.3 is 10.6 Å². The number of benzene rings is 1. The van der Waals surface area contributed by atoms with E-state index in [9.17, 15) is 4.79 Å². The van der Waals surface area contributed by atoms with Crippen molar-refractivity contribution < 1.29 is 4.79 Å². The number of fused-ring (bicyclic) bond motifs is 1. The molecule has 1 amide bonds. The van der Waals surface area contributed by atoms with Crippen LogP contribution in [0.2, 0.25) is 0 Å². The number of H-pyrrole nitrogens is 1. The number of nitrogens with zero attached hydrogens (tertiary/aromatic N) is 5. The minimum absolute atomic E-state index is 0.0981. The molecule has 0 aliphatic heterocycles. The fraction of sp³-hybridized carbons (Fsp3) is 0.167. The van der Waals surface area contributed by atoms with Crippen LogP contribution in [0.15, 0.2) is 46.3 Å². The molecule has 0 aliphatic rings. The highest BCUT2D eigenvalue weighted by atomic mass is 32.2. The normalized spacial score (nSPS) is 11.0. The largest absolute Gasteiger partial charge is 0.326 e. The van der Waals surface area contributed by atoms with Crippen LogP contribution in [-0.2, 0) is 4.79 Å². The van der Waals surface area contributed by atoms with Crippen LogP contribution in [0.5, 0.6) is 0 Å². The van der Waals surface area contributed by atoms with Gasteiger partial charge in [-0.1, -0.05) is 11.8 Å². The summed E-state index contributed by atoms with van der Waals surface area (Å²) in [5, 5.41) is 18.2. The minimum Gasteiger partial charge on any atom is -0.326 e. The summed E-state index contributed by atoms with van der Waals surface area (Å²) < 4.78 is 1.66. The third kappa shape index (κ3) is 3.96. The van der Waals surface area contributed by atoms with Gasteiger partial charge in [-0.3, -0.25) is 9.89 Å². The molecule has 3 heterocycles. The summed E-state index contributed by atoms with van der Waals surface area (Å²) in [6.07, 6.45) is 0. The Hall–Kier alpha value is -3.40. The van der Waals surface area contributed by atoms with E-state index in [1.54, 1.807) is 4.52 Å². The van der Waals surface area contributed by atoms with Crippen LogP contribution in [0.4, 0.5) is 17.5 Å². The van der Waals surface area contributed by atoms with Crippen LogP contribution >= 0.6 is 11.8 Å². The van der Waals surface area contributed by atoms with Crippen molar-refractivity contribution in [1.82, 2.24) is 29.8 Å². The average Bonchev–Trinajstić information content (AvgIpc) is 3.21. The molecule has 0 saturated heterocycles. The molecule has 0 fully saturated rings. The number of carbonyl (C=O) groups is 1. The van der Waals surface area contributed by atoms with Crippen LogP contribution in [0, 0.1) is 13.8 Å². The van der Waals surface area contributed by atoms with E-state index >= 15 is 0 Å². The molecule has 9 nitrogen and oxygen atoms in total. The Balaban J connectivity index is 1.64. The molecule has 0 aliphatic carbocycles. The predicted octanol–water partition coefficient (Wildman–Crippen LogP) is 3.32. The first-order chi connectivity index (χ1) is 13.5. The van der Waals surface area contributed by atoms with Crippen LogP contribution in [-0.4, -0.2) is 35.7 Å². The fourth-order valence-corrected chi connectivity index (χ4v) is 3.45. The number of aromatic amines is 1. The van der Waals surface area contributed by atoms with Gasteiger partial charge in [-0.15, -0.1) is 5.10 Å². The summed E-state index contributed by atoms with van der Waals surface area (Å²) in [5.74, 6) is 1.74. The molecule has 0 bridgehead atoms. The Kier molecular flexibility index (Phi) is 4.70. The topological polar surface area (TPSA) is 113 Å². The monoisotopic (exact) mass is 394 g/mol. The van der Waals surface area contributed by atoms with Crippen molar-refractivity contribution in [2.24, 2.45) is 0 Å². The van der Waals surface area contributed by atoms with E-state index < -0.39 is 0 Å². The van der Waals surface area contributed by atoms with Crippen molar-refractivity contribution in [2.45, 2.75) is 30.7 Å². The van der Waals surface area contributed by atoms with E-state index in [0.29, 0.717) is 23.2 Å². The van der Waals surface area contributed by atoms with E-state index in [1.807, 2.05) is 50.2 Å². The van der Waals surface area contributed by atoms with Gasteiger partial charge in [-0.05, 0) is 38.1 Å². The second-order valence-corrected chi connectivity index (χ2v) is 7.31. The maximum Gasteiger partial charge on any atom is 0.232 e. The average molecular weight is 394 g/mol. The van der Waals surface area contributed by atoms with Gasteiger partial charge in [-0.2, -0.15) is 9.61 Å². The Morgan fingerprint density at radius 2 is 1.93 bits per heavy atom. The third-order valence-electron chi connectivity index (χ3n) is 3.75. The first-order valence-electron chi connectivity index (χ1n) is 8.55. The first kappa shape index (κ1) is 18.0. The molecule has 0 spiro atoms. The van der Waals surface area contributed by atoms with Gasteiger partial charge in [0.25, 0.3) is 0 Å². The number of aromatic nitrogens is 6.